The van der Waals surface area contributed by atoms with Crippen LogP contribution in [0.25, 0.3) is 0 Å². The van der Waals surface area contributed by atoms with Crippen LogP contribution in [0.5, 0.6) is 11.5 Å². The maximum absolute atomic E-state index is 5.33. The van der Waals surface area contributed by atoms with Gasteiger partial charge in [0.2, 0.25) is 0 Å². The predicted octanol–water partition coefficient (Wildman–Crippen LogP) is 2.43. The lowest BCUT2D eigenvalue weighted by molar-refractivity contribution is 0.389. The highest BCUT2D eigenvalue weighted by Gasteiger charge is 2.10. The largest absolute Gasteiger partial charge is 0.495 e. The molecule has 1 aromatic carbocycles. The van der Waals surface area contributed by atoms with Crippen LogP contribution in [0.4, 0.5) is 0 Å². The van der Waals surface area contributed by atoms with Crippen molar-refractivity contribution in [3.8, 4) is 23.3 Å². The van der Waals surface area contributed by atoms with E-state index in [-0.39, 0.29) is 0 Å². The highest BCUT2D eigenvalue weighted by Crippen LogP contribution is 2.36. The summed E-state index contributed by atoms with van der Waals surface area (Å²) in [6.07, 6.45) is 0. The van der Waals surface area contributed by atoms with Crippen molar-refractivity contribution in [1.82, 2.24) is 5.32 Å². The van der Waals surface area contributed by atoms with E-state index in [0.29, 0.717) is 12.3 Å². The number of rotatable bonds is 4. The van der Waals surface area contributed by atoms with Gasteiger partial charge in [-0.15, -0.1) is 0 Å². The Labute approximate surface area is 111 Å². The molecule has 0 radical (unpaired) electrons. The van der Waals surface area contributed by atoms with Gasteiger partial charge in [0.1, 0.15) is 10.2 Å². The van der Waals surface area contributed by atoms with E-state index in [4.69, 9.17) is 9.47 Å². The van der Waals surface area contributed by atoms with Gasteiger partial charge >= 0.3 is 0 Å². The van der Waals surface area contributed by atoms with Gasteiger partial charge in [-0.2, -0.15) is 0 Å². The molecule has 0 aromatic heterocycles. The van der Waals surface area contributed by atoms with Crippen LogP contribution < -0.4 is 14.8 Å². The van der Waals surface area contributed by atoms with Crippen LogP contribution in [0.2, 0.25) is 0 Å². The zero-order valence-electron chi connectivity index (χ0n) is 10.3. The van der Waals surface area contributed by atoms with Crippen LogP contribution in [0.3, 0.4) is 0 Å². The third-order valence-electron chi connectivity index (χ3n) is 2.17. The third kappa shape index (κ3) is 3.65. The highest BCUT2D eigenvalue weighted by molar-refractivity contribution is 9.10. The summed E-state index contributed by atoms with van der Waals surface area (Å²) in [5, 5.41) is 3.14. The highest BCUT2D eigenvalue weighted by atomic mass is 79.9. The van der Waals surface area contributed by atoms with Crippen molar-refractivity contribution in [3.05, 3.63) is 22.2 Å². The molecule has 1 aromatic rings. The van der Waals surface area contributed by atoms with E-state index >= 15 is 0 Å². The Morgan fingerprint density at radius 3 is 2.65 bits per heavy atom. The molecule has 0 aliphatic carbocycles. The first-order valence-electron chi connectivity index (χ1n) is 5.34. The van der Waals surface area contributed by atoms with Gasteiger partial charge < -0.3 is 14.8 Å². The molecule has 1 rings (SSSR count). The van der Waals surface area contributed by atoms with Crippen molar-refractivity contribution < 1.29 is 9.47 Å². The molecule has 0 fully saturated rings. The Kier molecular flexibility index (Phi) is 5.88. The molecule has 0 unspecified atom stereocenters. The van der Waals surface area contributed by atoms with E-state index in [2.05, 4.69) is 33.1 Å². The maximum Gasteiger partial charge on any atom is 0.152 e. The Hall–Kier alpha value is -1.18. The predicted molar refractivity (Wildman–Crippen MR) is 72.7 cm³/mol. The molecule has 4 heteroatoms. The third-order valence-corrected chi connectivity index (χ3v) is 2.92. The molecular weight excluding hydrogens is 282 g/mol. The maximum atomic E-state index is 5.33. The van der Waals surface area contributed by atoms with Gasteiger partial charge in [-0.05, 0) is 34.6 Å². The smallest absolute Gasteiger partial charge is 0.152 e. The molecule has 0 amide bonds. The summed E-state index contributed by atoms with van der Waals surface area (Å²) < 4.78 is 11.3. The summed E-state index contributed by atoms with van der Waals surface area (Å²) in [6.45, 7) is 3.63. The van der Waals surface area contributed by atoms with Crippen molar-refractivity contribution >= 4 is 15.9 Å². The van der Waals surface area contributed by atoms with Crippen LogP contribution in [-0.4, -0.2) is 27.3 Å². The van der Waals surface area contributed by atoms with Gasteiger partial charge in [0.05, 0.1) is 26.3 Å². The standard InChI is InChI=1S/C13H16BrNO2/c1-4-15-9-5-6-10-7-8-11(16-2)12(14)13(10)17-3/h7-8,15H,4,9H2,1-3H3. The lowest BCUT2D eigenvalue weighted by atomic mass is 10.2. The Morgan fingerprint density at radius 1 is 1.29 bits per heavy atom. The number of benzene rings is 1. The zero-order chi connectivity index (χ0) is 12.7. The molecule has 92 valence electrons. The topological polar surface area (TPSA) is 30.5 Å². The van der Waals surface area contributed by atoms with Gasteiger partial charge in [-0.1, -0.05) is 18.8 Å². The second kappa shape index (κ2) is 7.21. The summed E-state index contributed by atoms with van der Waals surface area (Å²) in [5.74, 6) is 7.54. The molecule has 0 atom stereocenters. The number of hydrogen-bond acceptors (Lipinski definition) is 3. The Balaban J connectivity index is 2.99. The van der Waals surface area contributed by atoms with Gasteiger partial charge in [-0.25, -0.2) is 0 Å². The summed E-state index contributed by atoms with van der Waals surface area (Å²) in [4.78, 5) is 0. The van der Waals surface area contributed by atoms with E-state index in [1.54, 1.807) is 14.2 Å². The summed E-state index contributed by atoms with van der Waals surface area (Å²) in [5.41, 5.74) is 0.845. The number of nitrogens with one attached hydrogen (secondary N) is 1. The van der Waals surface area contributed by atoms with E-state index in [9.17, 15) is 0 Å². The molecule has 0 aliphatic rings. The molecule has 0 saturated carbocycles. The molecule has 0 spiro atoms. The number of methoxy groups -OCH3 is 2. The number of ether oxygens (including phenoxy) is 2. The summed E-state index contributed by atoms with van der Waals surface area (Å²) in [6, 6.07) is 3.76. The average Bonchev–Trinajstić information content (AvgIpc) is 2.35. The Bertz CT molecular complexity index is 435. The van der Waals surface area contributed by atoms with Crippen molar-refractivity contribution in [3.63, 3.8) is 0 Å². The first-order chi connectivity index (χ1) is 8.24. The van der Waals surface area contributed by atoms with E-state index in [0.717, 1.165) is 22.3 Å². The minimum atomic E-state index is 0.670. The first-order valence-corrected chi connectivity index (χ1v) is 6.14. The van der Waals surface area contributed by atoms with Crippen LogP contribution in [0.1, 0.15) is 12.5 Å². The molecular formula is C13H16BrNO2. The molecule has 0 heterocycles. The minimum absolute atomic E-state index is 0.670. The minimum Gasteiger partial charge on any atom is -0.495 e. The lowest BCUT2D eigenvalue weighted by Gasteiger charge is -2.09. The van der Waals surface area contributed by atoms with Gasteiger partial charge in [-0.3, -0.25) is 0 Å². The summed E-state index contributed by atoms with van der Waals surface area (Å²) in [7, 11) is 3.24. The number of hydrogen-bond donors (Lipinski definition) is 1. The van der Waals surface area contributed by atoms with Gasteiger partial charge in [0.15, 0.2) is 5.75 Å². The molecule has 0 saturated heterocycles. The first kappa shape index (κ1) is 13.9. The molecule has 0 bridgehead atoms. The van der Waals surface area contributed by atoms with Crippen molar-refractivity contribution in [2.24, 2.45) is 0 Å². The SMILES string of the molecule is CCNCC#Cc1ccc(OC)c(Br)c1OC. The van der Waals surface area contributed by atoms with Crippen LogP contribution in [0.15, 0.2) is 16.6 Å². The van der Waals surface area contributed by atoms with E-state index in [1.807, 2.05) is 19.1 Å². The zero-order valence-corrected chi connectivity index (χ0v) is 11.8. The van der Waals surface area contributed by atoms with Crippen LogP contribution in [0, 0.1) is 11.8 Å². The summed E-state index contributed by atoms with van der Waals surface area (Å²) >= 11 is 3.44. The van der Waals surface area contributed by atoms with Gasteiger partial charge in [0, 0.05) is 0 Å². The van der Waals surface area contributed by atoms with Crippen LogP contribution in [-0.2, 0) is 0 Å². The second-order valence-corrected chi connectivity index (χ2v) is 4.04. The Morgan fingerprint density at radius 2 is 2.06 bits per heavy atom. The number of halogens is 1. The van der Waals surface area contributed by atoms with Crippen molar-refractivity contribution in [2.45, 2.75) is 6.92 Å². The van der Waals surface area contributed by atoms with E-state index in [1.165, 1.54) is 0 Å². The normalized spacial score (nSPS) is 9.41. The van der Waals surface area contributed by atoms with Crippen LogP contribution >= 0.6 is 15.9 Å². The molecule has 1 N–H and O–H groups in total. The molecule has 17 heavy (non-hydrogen) atoms. The second-order valence-electron chi connectivity index (χ2n) is 3.24. The average molecular weight is 298 g/mol. The quantitative estimate of drug-likeness (QED) is 0.684. The molecule has 3 nitrogen and oxygen atoms in total. The molecule has 0 aliphatic heterocycles. The fourth-order valence-electron chi connectivity index (χ4n) is 1.32. The van der Waals surface area contributed by atoms with Gasteiger partial charge in [0.25, 0.3) is 0 Å². The van der Waals surface area contributed by atoms with Crippen molar-refractivity contribution in [1.29, 1.82) is 0 Å². The fraction of sp³-hybridized carbons (Fsp3) is 0.385. The van der Waals surface area contributed by atoms with E-state index < -0.39 is 0 Å². The lowest BCUT2D eigenvalue weighted by Crippen LogP contribution is -2.11. The monoisotopic (exact) mass is 297 g/mol. The fourth-order valence-corrected chi connectivity index (χ4v) is 1.99. The van der Waals surface area contributed by atoms with Crippen molar-refractivity contribution in [2.75, 3.05) is 27.3 Å².